The van der Waals surface area contributed by atoms with Crippen LogP contribution in [0.5, 0.6) is 0 Å². The van der Waals surface area contributed by atoms with Gasteiger partial charge in [0.2, 0.25) is 0 Å². The van der Waals surface area contributed by atoms with Crippen molar-refractivity contribution in [2.24, 2.45) is 5.92 Å². The second-order valence-corrected chi connectivity index (χ2v) is 4.79. The van der Waals surface area contributed by atoms with Crippen LogP contribution in [-0.4, -0.2) is 27.9 Å². The lowest BCUT2D eigenvalue weighted by molar-refractivity contribution is 0.402. The summed E-state index contributed by atoms with van der Waals surface area (Å²) in [6.07, 6.45) is 1.20. The highest BCUT2D eigenvalue weighted by Crippen LogP contribution is 2.19. The molecule has 0 spiro atoms. The molecule has 1 N–H and O–H groups in total. The van der Waals surface area contributed by atoms with Crippen molar-refractivity contribution in [3.8, 4) is 0 Å². The molecule has 0 aliphatic carbocycles. The Morgan fingerprint density at radius 2 is 2.13 bits per heavy atom. The molecule has 1 aliphatic heterocycles. The standard InChI is InChI=1S/C11H20N4/c1-8(2)4-5-15-9(3)13-14-11(15)10-6-12-7-10/h8,10,12H,4-7H2,1-3H3. The van der Waals surface area contributed by atoms with Crippen LogP contribution in [0.3, 0.4) is 0 Å². The molecule has 1 aromatic rings. The normalized spacial score (nSPS) is 17.1. The minimum absolute atomic E-state index is 0.582. The lowest BCUT2D eigenvalue weighted by Crippen LogP contribution is -2.41. The summed E-state index contributed by atoms with van der Waals surface area (Å²) in [5, 5.41) is 11.8. The van der Waals surface area contributed by atoms with Crippen molar-refractivity contribution >= 4 is 0 Å². The van der Waals surface area contributed by atoms with E-state index in [1.807, 2.05) is 6.92 Å². The van der Waals surface area contributed by atoms with Crippen LogP contribution in [0.25, 0.3) is 0 Å². The van der Waals surface area contributed by atoms with Gasteiger partial charge >= 0.3 is 0 Å². The lowest BCUT2D eigenvalue weighted by Gasteiger charge is -2.26. The number of aromatic nitrogens is 3. The van der Waals surface area contributed by atoms with Crippen LogP contribution in [0.15, 0.2) is 0 Å². The van der Waals surface area contributed by atoms with Crippen molar-refractivity contribution < 1.29 is 0 Å². The number of nitrogens with one attached hydrogen (secondary N) is 1. The first-order valence-corrected chi connectivity index (χ1v) is 5.79. The van der Waals surface area contributed by atoms with Crippen molar-refractivity contribution in [1.29, 1.82) is 0 Å². The molecule has 2 heterocycles. The van der Waals surface area contributed by atoms with E-state index in [1.165, 1.54) is 12.2 Å². The van der Waals surface area contributed by atoms with E-state index in [9.17, 15) is 0 Å². The molecule has 2 rings (SSSR count). The van der Waals surface area contributed by atoms with Crippen LogP contribution < -0.4 is 5.32 Å². The number of hydrogen-bond donors (Lipinski definition) is 1. The Labute approximate surface area is 91.1 Å². The molecule has 1 aliphatic rings. The van der Waals surface area contributed by atoms with Crippen molar-refractivity contribution in [3.63, 3.8) is 0 Å². The SMILES string of the molecule is Cc1nnc(C2CNC2)n1CCC(C)C. The summed E-state index contributed by atoms with van der Waals surface area (Å²) in [7, 11) is 0. The molecular weight excluding hydrogens is 188 g/mol. The highest BCUT2D eigenvalue weighted by molar-refractivity contribution is 5.06. The largest absolute Gasteiger partial charge is 0.315 e. The van der Waals surface area contributed by atoms with Crippen molar-refractivity contribution in [3.05, 3.63) is 11.6 Å². The Bertz CT molecular complexity index is 325. The Hall–Kier alpha value is -0.900. The monoisotopic (exact) mass is 208 g/mol. The molecule has 1 fully saturated rings. The molecule has 1 aromatic heterocycles. The van der Waals surface area contributed by atoms with Gasteiger partial charge in [-0.15, -0.1) is 10.2 Å². The molecule has 0 atom stereocenters. The third-order valence-corrected chi connectivity index (χ3v) is 3.04. The lowest BCUT2D eigenvalue weighted by atomic mass is 10.0. The van der Waals surface area contributed by atoms with Crippen molar-refractivity contribution in [1.82, 2.24) is 20.1 Å². The van der Waals surface area contributed by atoms with Crippen LogP contribution in [0.2, 0.25) is 0 Å². The quantitative estimate of drug-likeness (QED) is 0.811. The fourth-order valence-electron chi connectivity index (χ4n) is 1.83. The zero-order valence-corrected chi connectivity index (χ0v) is 9.82. The van der Waals surface area contributed by atoms with Gasteiger partial charge in [-0.05, 0) is 19.3 Å². The first kappa shape index (κ1) is 10.6. The van der Waals surface area contributed by atoms with E-state index in [0.29, 0.717) is 5.92 Å². The fourth-order valence-corrected chi connectivity index (χ4v) is 1.83. The molecule has 1 saturated heterocycles. The number of hydrogen-bond acceptors (Lipinski definition) is 3. The van der Waals surface area contributed by atoms with E-state index in [0.717, 1.165) is 31.4 Å². The molecule has 0 saturated carbocycles. The van der Waals surface area contributed by atoms with Crippen molar-refractivity contribution in [2.75, 3.05) is 13.1 Å². The highest BCUT2D eigenvalue weighted by atomic mass is 15.3. The van der Waals surface area contributed by atoms with Crippen LogP contribution in [0.1, 0.15) is 37.8 Å². The molecule has 84 valence electrons. The van der Waals surface area contributed by atoms with Gasteiger partial charge in [0.25, 0.3) is 0 Å². The predicted molar refractivity (Wildman–Crippen MR) is 59.8 cm³/mol. The summed E-state index contributed by atoms with van der Waals surface area (Å²) in [6, 6.07) is 0. The summed E-state index contributed by atoms with van der Waals surface area (Å²) in [6.45, 7) is 9.72. The maximum atomic E-state index is 4.29. The van der Waals surface area contributed by atoms with E-state index in [-0.39, 0.29) is 0 Å². The molecule has 0 unspecified atom stereocenters. The Kier molecular flexibility index (Phi) is 3.05. The Morgan fingerprint density at radius 1 is 1.40 bits per heavy atom. The van der Waals surface area contributed by atoms with Gasteiger partial charge in [-0.2, -0.15) is 0 Å². The van der Waals surface area contributed by atoms with Gasteiger partial charge in [0.15, 0.2) is 0 Å². The van der Waals surface area contributed by atoms with E-state index >= 15 is 0 Å². The summed E-state index contributed by atoms with van der Waals surface area (Å²) < 4.78 is 2.28. The van der Waals surface area contributed by atoms with Gasteiger partial charge in [-0.25, -0.2) is 0 Å². The topological polar surface area (TPSA) is 42.7 Å². The van der Waals surface area contributed by atoms with Crippen LogP contribution in [-0.2, 0) is 6.54 Å². The van der Waals surface area contributed by atoms with Gasteiger partial charge < -0.3 is 9.88 Å². The maximum Gasteiger partial charge on any atom is 0.138 e. The average Bonchev–Trinajstić information content (AvgIpc) is 2.42. The molecule has 4 nitrogen and oxygen atoms in total. The smallest absolute Gasteiger partial charge is 0.138 e. The third-order valence-electron chi connectivity index (χ3n) is 3.04. The van der Waals surface area contributed by atoms with Gasteiger partial charge in [0.05, 0.1) is 0 Å². The molecular formula is C11H20N4. The van der Waals surface area contributed by atoms with Crippen LogP contribution in [0, 0.1) is 12.8 Å². The van der Waals surface area contributed by atoms with E-state index in [2.05, 4.69) is 33.9 Å². The fraction of sp³-hybridized carbons (Fsp3) is 0.818. The predicted octanol–water partition coefficient (Wildman–Crippen LogP) is 1.32. The van der Waals surface area contributed by atoms with Crippen molar-refractivity contribution in [2.45, 2.75) is 39.7 Å². The second kappa shape index (κ2) is 4.31. The zero-order valence-electron chi connectivity index (χ0n) is 9.82. The third kappa shape index (κ3) is 2.20. The number of rotatable bonds is 4. The van der Waals surface area contributed by atoms with Gasteiger partial charge in [-0.3, -0.25) is 0 Å². The first-order valence-electron chi connectivity index (χ1n) is 5.79. The summed E-state index contributed by atoms with van der Waals surface area (Å²) in [5.41, 5.74) is 0. The van der Waals surface area contributed by atoms with Crippen LogP contribution >= 0.6 is 0 Å². The molecule has 4 heteroatoms. The first-order chi connectivity index (χ1) is 7.18. The molecule has 0 radical (unpaired) electrons. The summed E-state index contributed by atoms with van der Waals surface area (Å²) in [4.78, 5) is 0. The molecule has 0 aromatic carbocycles. The summed E-state index contributed by atoms with van der Waals surface area (Å²) >= 11 is 0. The molecule has 15 heavy (non-hydrogen) atoms. The number of aryl methyl sites for hydroxylation is 1. The van der Waals surface area contributed by atoms with Gasteiger partial charge in [0, 0.05) is 25.6 Å². The minimum atomic E-state index is 0.582. The second-order valence-electron chi connectivity index (χ2n) is 4.79. The average molecular weight is 208 g/mol. The molecule has 0 amide bonds. The Balaban J connectivity index is 2.09. The highest BCUT2D eigenvalue weighted by Gasteiger charge is 2.25. The maximum absolute atomic E-state index is 4.29. The van der Waals surface area contributed by atoms with Crippen LogP contribution in [0.4, 0.5) is 0 Å². The van der Waals surface area contributed by atoms with E-state index < -0.39 is 0 Å². The van der Waals surface area contributed by atoms with Gasteiger partial charge in [-0.1, -0.05) is 13.8 Å². The molecule has 0 bridgehead atoms. The Morgan fingerprint density at radius 3 is 2.67 bits per heavy atom. The van der Waals surface area contributed by atoms with E-state index in [1.54, 1.807) is 0 Å². The van der Waals surface area contributed by atoms with Gasteiger partial charge in [0.1, 0.15) is 11.6 Å². The minimum Gasteiger partial charge on any atom is -0.315 e. The number of nitrogens with zero attached hydrogens (tertiary/aromatic N) is 3. The van der Waals surface area contributed by atoms with E-state index in [4.69, 9.17) is 0 Å². The zero-order chi connectivity index (χ0) is 10.8. The summed E-state index contributed by atoms with van der Waals surface area (Å²) in [5.74, 6) is 3.54.